The van der Waals surface area contributed by atoms with Crippen molar-refractivity contribution in [1.29, 1.82) is 0 Å². The Morgan fingerprint density at radius 2 is 1.66 bits per heavy atom. The summed E-state index contributed by atoms with van der Waals surface area (Å²) in [5, 5.41) is 14.4. The molecule has 0 bridgehead atoms. The third-order valence-corrected chi connectivity index (χ3v) is 6.15. The molecule has 0 saturated heterocycles. The number of carbonyl (C=O) groups is 3. The van der Waals surface area contributed by atoms with Gasteiger partial charge in [0.2, 0.25) is 5.91 Å². The molecule has 3 aromatic carbocycles. The highest BCUT2D eigenvalue weighted by Crippen LogP contribution is 2.44. The summed E-state index contributed by atoms with van der Waals surface area (Å²) in [6, 6.07) is 19.1. The fourth-order valence-corrected chi connectivity index (χ4v) is 4.38. The molecule has 0 saturated carbocycles. The van der Waals surface area contributed by atoms with Crippen LogP contribution in [0.1, 0.15) is 33.8 Å². The van der Waals surface area contributed by atoms with Crippen molar-refractivity contribution in [2.45, 2.75) is 18.4 Å². The zero-order valence-corrected chi connectivity index (χ0v) is 19.4. The quantitative estimate of drug-likeness (QED) is 0.364. The lowest BCUT2D eigenvalue weighted by atomic mass is 9.98. The zero-order chi connectivity index (χ0) is 24.9. The fraction of sp³-hybridized carbons (Fsp3) is 0.148. The van der Waals surface area contributed by atoms with E-state index >= 15 is 0 Å². The van der Waals surface area contributed by atoms with E-state index in [1.807, 2.05) is 48.5 Å². The van der Waals surface area contributed by atoms with Crippen LogP contribution in [-0.2, 0) is 9.53 Å². The molecule has 3 aromatic rings. The number of alkyl carbamates (subject to hydrolysis) is 1. The van der Waals surface area contributed by atoms with Crippen molar-refractivity contribution in [3.05, 3.63) is 101 Å². The number of carboxylic acid groups (broad SMARTS) is 1. The van der Waals surface area contributed by atoms with Gasteiger partial charge in [-0.2, -0.15) is 0 Å². The van der Waals surface area contributed by atoms with E-state index in [0.717, 1.165) is 22.3 Å². The average molecular weight is 491 g/mol. The number of aromatic carboxylic acids is 1. The molecule has 1 aliphatic rings. The second-order valence-corrected chi connectivity index (χ2v) is 8.44. The summed E-state index contributed by atoms with van der Waals surface area (Å²) in [5.41, 5.74) is 4.49. The van der Waals surface area contributed by atoms with Gasteiger partial charge in [-0.1, -0.05) is 66.2 Å². The summed E-state index contributed by atoms with van der Waals surface area (Å²) in [7, 11) is 0. The van der Waals surface area contributed by atoms with E-state index in [0.29, 0.717) is 0 Å². The Kier molecular flexibility index (Phi) is 7.17. The van der Waals surface area contributed by atoms with Gasteiger partial charge in [-0.3, -0.25) is 4.79 Å². The van der Waals surface area contributed by atoms with E-state index in [2.05, 4.69) is 17.2 Å². The minimum absolute atomic E-state index is 0.0508. The molecule has 0 aromatic heterocycles. The van der Waals surface area contributed by atoms with E-state index < -0.39 is 24.0 Å². The lowest BCUT2D eigenvalue weighted by molar-refractivity contribution is -0.118. The molecule has 0 aliphatic heterocycles. The van der Waals surface area contributed by atoms with Gasteiger partial charge in [0, 0.05) is 11.6 Å². The number of nitrogens with one attached hydrogen (secondary N) is 2. The second-order valence-electron chi connectivity index (χ2n) is 8.04. The lowest BCUT2D eigenvalue weighted by Crippen LogP contribution is -2.44. The first-order valence-corrected chi connectivity index (χ1v) is 11.3. The highest BCUT2D eigenvalue weighted by atomic mass is 35.5. The van der Waals surface area contributed by atoms with Crippen LogP contribution in [0.25, 0.3) is 11.1 Å². The Balaban J connectivity index is 1.42. The minimum atomic E-state index is -1.22. The van der Waals surface area contributed by atoms with Crippen LogP contribution in [0.4, 0.5) is 10.5 Å². The van der Waals surface area contributed by atoms with Crippen LogP contribution in [0.2, 0.25) is 5.02 Å². The highest BCUT2D eigenvalue weighted by molar-refractivity contribution is 6.33. The molecular formula is C27H23ClN2O5. The third-order valence-electron chi connectivity index (χ3n) is 5.82. The van der Waals surface area contributed by atoms with Gasteiger partial charge in [0.15, 0.2) is 0 Å². The Hall–Kier alpha value is -4.10. The minimum Gasteiger partial charge on any atom is -0.478 e. The third kappa shape index (κ3) is 5.20. The van der Waals surface area contributed by atoms with Crippen LogP contribution in [0.15, 0.2) is 79.4 Å². The maximum absolute atomic E-state index is 12.8. The van der Waals surface area contributed by atoms with Crippen LogP contribution in [0.5, 0.6) is 0 Å². The van der Waals surface area contributed by atoms with E-state index in [1.54, 1.807) is 0 Å². The molecule has 2 amide bonds. The molecule has 0 radical (unpaired) electrons. The predicted molar refractivity (Wildman–Crippen MR) is 134 cm³/mol. The van der Waals surface area contributed by atoms with Crippen LogP contribution < -0.4 is 10.6 Å². The Bertz CT molecular complexity index is 1260. The number of hydrogen-bond acceptors (Lipinski definition) is 4. The van der Waals surface area contributed by atoms with Crippen molar-refractivity contribution in [2.24, 2.45) is 0 Å². The number of hydrogen-bond donors (Lipinski definition) is 3. The van der Waals surface area contributed by atoms with Crippen molar-refractivity contribution >= 4 is 35.3 Å². The number of carbonyl (C=O) groups excluding carboxylic acids is 2. The summed E-state index contributed by atoms with van der Waals surface area (Å²) in [5.74, 6) is -1.87. The van der Waals surface area contributed by atoms with Crippen LogP contribution in [0, 0.1) is 0 Å². The molecule has 4 rings (SSSR count). The molecule has 8 heteroatoms. The molecule has 1 aliphatic carbocycles. The highest BCUT2D eigenvalue weighted by Gasteiger charge is 2.29. The van der Waals surface area contributed by atoms with Gasteiger partial charge in [0.05, 0.1) is 10.6 Å². The summed E-state index contributed by atoms with van der Waals surface area (Å²) < 4.78 is 5.52. The predicted octanol–water partition coefficient (Wildman–Crippen LogP) is 5.46. The van der Waals surface area contributed by atoms with E-state index in [1.165, 1.54) is 24.3 Å². The number of benzene rings is 3. The first kappa shape index (κ1) is 24.0. The van der Waals surface area contributed by atoms with Gasteiger partial charge in [-0.15, -0.1) is 6.58 Å². The first-order valence-electron chi connectivity index (χ1n) is 10.9. The van der Waals surface area contributed by atoms with Gasteiger partial charge in [0.1, 0.15) is 12.6 Å². The van der Waals surface area contributed by atoms with Crippen LogP contribution >= 0.6 is 11.6 Å². The number of fused-ring (bicyclic) bond motifs is 3. The van der Waals surface area contributed by atoms with Crippen molar-refractivity contribution in [3.8, 4) is 11.1 Å². The Morgan fingerprint density at radius 1 is 1.03 bits per heavy atom. The average Bonchev–Trinajstić information content (AvgIpc) is 3.17. The molecule has 1 atom stereocenters. The van der Waals surface area contributed by atoms with Crippen molar-refractivity contribution in [2.75, 3.05) is 11.9 Å². The Labute approximate surface area is 207 Å². The van der Waals surface area contributed by atoms with Crippen LogP contribution in [-0.4, -0.2) is 35.7 Å². The number of amides is 2. The normalized spacial score (nSPS) is 12.7. The first-order chi connectivity index (χ1) is 16.9. The van der Waals surface area contributed by atoms with Gasteiger partial charge >= 0.3 is 12.1 Å². The molecule has 1 unspecified atom stereocenters. The maximum atomic E-state index is 12.8. The monoisotopic (exact) mass is 490 g/mol. The smallest absolute Gasteiger partial charge is 0.407 e. The number of anilines is 1. The summed E-state index contributed by atoms with van der Waals surface area (Å²) in [6.45, 7) is 3.75. The second kappa shape index (κ2) is 10.4. The molecule has 0 heterocycles. The standard InChI is InChI=1S/C27H23ClN2O5/c1-2-7-24(25(31)29-16-12-13-23(28)21(14-16)26(32)33)30-27(34)35-15-22-19-10-5-3-8-17(19)18-9-4-6-11-20(18)22/h2-6,8-14,22,24H,1,7,15H2,(H,29,31)(H,30,34)(H,32,33). The summed E-state index contributed by atoms with van der Waals surface area (Å²) in [6.07, 6.45) is 0.907. The van der Waals surface area contributed by atoms with Crippen molar-refractivity contribution in [3.63, 3.8) is 0 Å². The number of rotatable bonds is 8. The number of ether oxygens (including phenoxy) is 1. The topological polar surface area (TPSA) is 105 Å². The summed E-state index contributed by atoms with van der Waals surface area (Å²) in [4.78, 5) is 36.7. The molecule has 0 spiro atoms. The molecule has 35 heavy (non-hydrogen) atoms. The van der Waals surface area contributed by atoms with Crippen LogP contribution in [0.3, 0.4) is 0 Å². The van der Waals surface area contributed by atoms with Gasteiger partial charge in [-0.25, -0.2) is 9.59 Å². The molecule has 3 N–H and O–H groups in total. The number of carboxylic acids is 1. The lowest BCUT2D eigenvalue weighted by Gasteiger charge is -2.19. The van der Waals surface area contributed by atoms with Gasteiger partial charge < -0.3 is 20.5 Å². The van der Waals surface area contributed by atoms with E-state index in [9.17, 15) is 19.5 Å². The van der Waals surface area contributed by atoms with Crippen molar-refractivity contribution in [1.82, 2.24) is 5.32 Å². The summed E-state index contributed by atoms with van der Waals surface area (Å²) >= 11 is 5.88. The van der Waals surface area contributed by atoms with E-state index in [4.69, 9.17) is 16.3 Å². The van der Waals surface area contributed by atoms with Crippen molar-refractivity contribution < 1.29 is 24.2 Å². The maximum Gasteiger partial charge on any atom is 0.407 e. The largest absolute Gasteiger partial charge is 0.478 e. The number of halogens is 1. The molecule has 7 nitrogen and oxygen atoms in total. The molecule has 0 fully saturated rings. The van der Waals surface area contributed by atoms with Gasteiger partial charge in [-0.05, 0) is 46.9 Å². The molecule has 178 valence electrons. The van der Waals surface area contributed by atoms with Gasteiger partial charge in [0.25, 0.3) is 0 Å². The fourth-order valence-electron chi connectivity index (χ4n) is 4.18. The van der Waals surface area contributed by atoms with E-state index in [-0.39, 0.29) is 35.2 Å². The Morgan fingerprint density at radius 3 is 2.26 bits per heavy atom. The molecular weight excluding hydrogens is 468 g/mol. The zero-order valence-electron chi connectivity index (χ0n) is 18.7. The SMILES string of the molecule is C=CCC(NC(=O)OCC1c2ccccc2-c2ccccc21)C(=O)Nc1ccc(Cl)c(C(=O)O)c1.